The lowest BCUT2D eigenvalue weighted by Gasteiger charge is -2.36. The number of ether oxygens (including phenoxy) is 1. The van der Waals surface area contributed by atoms with E-state index in [-0.39, 0.29) is 23.5 Å². The largest absolute Gasteiger partial charge is 0.507 e. The summed E-state index contributed by atoms with van der Waals surface area (Å²) < 4.78 is 5.45. The lowest BCUT2D eigenvalue weighted by molar-refractivity contribution is -0.143. The zero-order valence-corrected chi connectivity index (χ0v) is 24.9. The van der Waals surface area contributed by atoms with Gasteiger partial charge in [-0.15, -0.1) is 0 Å². The number of carbonyl (C=O) groups is 3. The number of aryl methyl sites for hydroxylation is 1. The van der Waals surface area contributed by atoms with Gasteiger partial charge in [0.25, 0.3) is 0 Å². The summed E-state index contributed by atoms with van der Waals surface area (Å²) in [5, 5.41) is 16.8. The van der Waals surface area contributed by atoms with Gasteiger partial charge in [0.15, 0.2) is 0 Å². The molecular formula is C30H51N3O5. The Bertz CT molecular complexity index is 896. The predicted molar refractivity (Wildman–Crippen MR) is 152 cm³/mol. The van der Waals surface area contributed by atoms with Crippen LogP contribution in [-0.2, 0) is 14.3 Å². The summed E-state index contributed by atoms with van der Waals surface area (Å²) in [7, 11) is 0. The highest BCUT2D eigenvalue weighted by molar-refractivity contribution is 5.92. The lowest BCUT2D eigenvalue weighted by atomic mass is 9.94. The third-order valence-electron chi connectivity index (χ3n) is 6.64. The number of nitrogens with one attached hydrogen (secondary N) is 2. The maximum absolute atomic E-state index is 14.2. The Kier molecular flexibility index (Phi) is 14.2. The topological polar surface area (TPSA) is 108 Å². The van der Waals surface area contributed by atoms with Crippen LogP contribution in [-0.4, -0.2) is 52.6 Å². The second kappa shape index (κ2) is 16.2. The van der Waals surface area contributed by atoms with E-state index >= 15 is 0 Å². The number of hydrogen-bond donors (Lipinski definition) is 3. The molecule has 0 aromatic heterocycles. The molecule has 3 atom stereocenters. The van der Waals surface area contributed by atoms with E-state index in [4.69, 9.17) is 4.74 Å². The number of unbranched alkanes of at least 4 members (excludes halogenated alkanes) is 4. The number of carbonyl (C=O) groups excluding carboxylic acids is 3. The van der Waals surface area contributed by atoms with Crippen molar-refractivity contribution in [2.24, 2.45) is 5.92 Å². The first-order valence-electron chi connectivity index (χ1n) is 14.2. The van der Waals surface area contributed by atoms with Crippen molar-refractivity contribution < 1.29 is 24.2 Å². The number of nitrogens with zero attached hydrogens (tertiary/aromatic N) is 1. The summed E-state index contributed by atoms with van der Waals surface area (Å²) in [6.45, 7) is 15.9. The van der Waals surface area contributed by atoms with Crippen LogP contribution in [0.1, 0.15) is 111 Å². The zero-order chi connectivity index (χ0) is 28.9. The number of benzene rings is 1. The van der Waals surface area contributed by atoms with Crippen LogP contribution >= 0.6 is 0 Å². The minimum atomic E-state index is -1.03. The molecule has 0 fully saturated rings. The van der Waals surface area contributed by atoms with Crippen LogP contribution in [0.4, 0.5) is 4.79 Å². The molecule has 0 aliphatic heterocycles. The highest BCUT2D eigenvalue weighted by Gasteiger charge is 2.39. The van der Waals surface area contributed by atoms with Crippen LogP contribution in [0.2, 0.25) is 0 Å². The molecule has 0 radical (unpaired) electrons. The van der Waals surface area contributed by atoms with Gasteiger partial charge < -0.3 is 25.4 Å². The Morgan fingerprint density at radius 1 is 1.03 bits per heavy atom. The van der Waals surface area contributed by atoms with Crippen molar-refractivity contribution >= 4 is 17.9 Å². The molecule has 0 bridgehead atoms. The van der Waals surface area contributed by atoms with E-state index in [1.165, 1.54) is 4.90 Å². The number of rotatable bonds is 15. The number of phenolic OH excluding ortho intramolecular Hbond substituents is 1. The molecule has 0 aliphatic rings. The fourth-order valence-electron chi connectivity index (χ4n) is 4.23. The quantitative estimate of drug-likeness (QED) is 0.239. The first-order valence-corrected chi connectivity index (χ1v) is 14.2. The number of para-hydroxylation sites is 1. The van der Waals surface area contributed by atoms with E-state index in [2.05, 4.69) is 24.5 Å². The van der Waals surface area contributed by atoms with Crippen LogP contribution in [0.25, 0.3) is 0 Å². The van der Waals surface area contributed by atoms with Gasteiger partial charge in [-0.05, 0) is 52.0 Å². The van der Waals surface area contributed by atoms with Crippen LogP contribution in [0, 0.1) is 12.8 Å². The first-order chi connectivity index (χ1) is 17.9. The molecule has 8 heteroatoms. The van der Waals surface area contributed by atoms with Crippen molar-refractivity contribution in [1.29, 1.82) is 0 Å². The second-order valence-corrected chi connectivity index (χ2v) is 11.2. The van der Waals surface area contributed by atoms with Gasteiger partial charge in [0, 0.05) is 18.7 Å². The predicted octanol–water partition coefficient (Wildman–Crippen LogP) is 6.01. The van der Waals surface area contributed by atoms with E-state index in [1.54, 1.807) is 45.9 Å². The fourth-order valence-corrected chi connectivity index (χ4v) is 4.23. The van der Waals surface area contributed by atoms with Crippen LogP contribution in [0.5, 0.6) is 5.75 Å². The van der Waals surface area contributed by atoms with Crippen LogP contribution in [0.15, 0.2) is 18.2 Å². The summed E-state index contributed by atoms with van der Waals surface area (Å²) >= 11 is 0. The summed E-state index contributed by atoms with van der Waals surface area (Å²) in [5.74, 6) is -0.916. The highest BCUT2D eigenvalue weighted by atomic mass is 16.6. The van der Waals surface area contributed by atoms with Gasteiger partial charge in [-0.2, -0.15) is 0 Å². The Morgan fingerprint density at radius 3 is 2.24 bits per heavy atom. The van der Waals surface area contributed by atoms with Gasteiger partial charge in [-0.25, -0.2) is 4.79 Å². The average Bonchev–Trinajstić information content (AvgIpc) is 2.85. The minimum absolute atomic E-state index is 0.00492. The van der Waals surface area contributed by atoms with Gasteiger partial charge >= 0.3 is 6.09 Å². The van der Waals surface area contributed by atoms with E-state index in [1.807, 2.05) is 13.8 Å². The maximum Gasteiger partial charge on any atom is 0.408 e. The van der Waals surface area contributed by atoms with E-state index in [0.29, 0.717) is 37.1 Å². The summed E-state index contributed by atoms with van der Waals surface area (Å²) in [6, 6.07) is 3.32. The van der Waals surface area contributed by atoms with Gasteiger partial charge in [0.2, 0.25) is 11.8 Å². The van der Waals surface area contributed by atoms with Crippen LogP contribution < -0.4 is 10.6 Å². The van der Waals surface area contributed by atoms with Crippen LogP contribution in [0.3, 0.4) is 0 Å². The van der Waals surface area contributed by atoms with Gasteiger partial charge in [-0.3, -0.25) is 9.59 Å². The maximum atomic E-state index is 14.2. The van der Waals surface area contributed by atoms with Crippen molar-refractivity contribution in [3.8, 4) is 5.75 Å². The van der Waals surface area contributed by atoms with E-state index in [0.717, 1.165) is 32.1 Å². The molecule has 0 aliphatic carbocycles. The molecule has 3 amide bonds. The second-order valence-electron chi connectivity index (χ2n) is 11.2. The summed E-state index contributed by atoms with van der Waals surface area (Å²) in [4.78, 5) is 42.2. The smallest absolute Gasteiger partial charge is 0.408 e. The molecule has 1 rings (SSSR count). The first kappa shape index (κ1) is 33.3. The molecule has 8 nitrogen and oxygen atoms in total. The Labute approximate surface area is 229 Å². The van der Waals surface area contributed by atoms with Crippen molar-refractivity contribution in [3.05, 3.63) is 29.3 Å². The Morgan fingerprint density at radius 2 is 1.66 bits per heavy atom. The van der Waals surface area contributed by atoms with Crippen molar-refractivity contribution in [2.45, 2.75) is 118 Å². The number of alkyl carbamates (subject to hydrolysis) is 1. The highest BCUT2D eigenvalue weighted by Crippen LogP contribution is 2.33. The third-order valence-corrected chi connectivity index (χ3v) is 6.64. The Hall–Kier alpha value is -2.77. The van der Waals surface area contributed by atoms with Gasteiger partial charge in [0.1, 0.15) is 23.4 Å². The van der Waals surface area contributed by atoms with E-state index < -0.39 is 23.8 Å². The number of phenols is 1. The third kappa shape index (κ3) is 10.5. The SMILES string of the molecule is CCCCCNC(=O)C(c1cccc(C)c1O)N(CCCCC)C(=O)C(NC(=O)OC(C)(C)C)C(C)CC. The molecule has 1 aromatic rings. The van der Waals surface area contributed by atoms with Crippen molar-refractivity contribution in [3.63, 3.8) is 0 Å². The molecule has 1 aromatic carbocycles. The van der Waals surface area contributed by atoms with Gasteiger partial charge in [-0.1, -0.05) is 78.0 Å². The summed E-state index contributed by atoms with van der Waals surface area (Å²) in [5.41, 5.74) is 0.281. The van der Waals surface area contributed by atoms with Crippen molar-refractivity contribution in [2.75, 3.05) is 13.1 Å². The molecule has 0 saturated heterocycles. The number of hydrogen-bond acceptors (Lipinski definition) is 5. The average molecular weight is 534 g/mol. The minimum Gasteiger partial charge on any atom is -0.507 e. The fraction of sp³-hybridized carbons (Fsp3) is 0.700. The van der Waals surface area contributed by atoms with Gasteiger partial charge in [0.05, 0.1) is 0 Å². The molecule has 0 saturated carbocycles. The van der Waals surface area contributed by atoms with E-state index in [9.17, 15) is 19.5 Å². The molecule has 0 spiro atoms. The number of amides is 3. The lowest BCUT2D eigenvalue weighted by Crippen LogP contribution is -2.55. The monoisotopic (exact) mass is 533 g/mol. The van der Waals surface area contributed by atoms with Crippen molar-refractivity contribution in [1.82, 2.24) is 15.5 Å². The standard InChI is InChI=1S/C30H51N3O5/c1-9-12-14-19-31-27(35)25(23-18-16-17-22(5)26(23)34)33(20-15-13-10-2)28(36)24(21(4)11-3)32-29(37)38-30(6,7)8/h16-18,21,24-25,34H,9-15,19-20H2,1-8H3,(H,31,35)(H,32,37). The molecule has 38 heavy (non-hydrogen) atoms. The molecule has 216 valence electrons. The normalized spacial score (nSPS) is 13.8. The molecule has 0 heterocycles. The number of aromatic hydroxyl groups is 1. The summed E-state index contributed by atoms with van der Waals surface area (Å²) in [6.07, 6.45) is 5.30. The molecule has 3 N–H and O–H groups in total. The zero-order valence-electron chi connectivity index (χ0n) is 24.9. The molecular weight excluding hydrogens is 482 g/mol. The Balaban J connectivity index is 3.54. The molecule has 3 unspecified atom stereocenters.